The van der Waals surface area contributed by atoms with E-state index < -0.39 is 0 Å². The first kappa shape index (κ1) is 11.9. The summed E-state index contributed by atoms with van der Waals surface area (Å²) in [6.45, 7) is 0.640. The van der Waals surface area contributed by atoms with Gasteiger partial charge in [-0.3, -0.25) is 4.79 Å². The first-order valence-corrected chi connectivity index (χ1v) is 7.08. The van der Waals surface area contributed by atoms with Gasteiger partial charge in [-0.2, -0.15) is 0 Å². The Labute approximate surface area is 108 Å². The number of rotatable bonds is 3. The van der Waals surface area contributed by atoms with Crippen LogP contribution in [0.5, 0.6) is 0 Å². The van der Waals surface area contributed by atoms with E-state index in [2.05, 4.69) is 38.8 Å². The molecule has 0 spiro atoms. The lowest BCUT2D eigenvalue weighted by molar-refractivity contribution is -0.125. The van der Waals surface area contributed by atoms with Gasteiger partial charge in [-0.1, -0.05) is 12.2 Å². The van der Waals surface area contributed by atoms with Crippen molar-refractivity contribution in [2.75, 3.05) is 0 Å². The predicted molar refractivity (Wildman–Crippen MR) is 70.3 cm³/mol. The molecular formula is C12H14BrNOS. The average molecular weight is 300 g/mol. The van der Waals surface area contributed by atoms with E-state index in [9.17, 15) is 4.79 Å². The number of halogens is 1. The van der Waals surface area contributed by atoms with Crippen LogP contribution in [0, 0.1) is 5.92 Å². The third kappa shape index (κ3) is 3.19. The van der Waals surface area contributed by atoms with Crippen LogP contribution in [-0.2, 0) is 11.3 Å². The van der Waals surface area contributed by atoms with Crippen molar-refractivity contribution in [1.29, 1.82) is 0 Å². The zero-order valence-electron chi connectivity index (χ0n) is 8.91. The number of allylic oxidation sites excluding steroid dienone is 2. The second-order valence-corrected chi connectivity index (χ2v) is 6.25. The number of thiophene rings is 1. The van der Waals surface area contributed by atoms with E-state index in [-0.39, 0.29) is 11.8 Å². The number of nitrogens with one attached hydrogen (secondary N) is 1. The van der Waals surface area contributed by atoms with Gasteiger partial charge in [-0.25, -0.2) is 0 Å². The minimum absolute atomic E-state index is 0.173. The molecule has 1 unspecified atom stereocenters. The molecular weight excluding hydrogens is 286 g/mol. The minimum atomic E-state index is 0.173. The zero-order chi connectivity index (χ0) is 11.4. The molecule has 0 aromatic carbocycles. The molecule has 86 valence electrons. The summed E-state index contributed by atoms with van der Waals surface area (Å²) in [5, 5.41) is 5.06. The number of carbonyl (C=O) groups excluding carboxylic acids is 1. The number of hydrogen-bond donors (Lipinski definition) is 1. The summed E-state index contributed by atoms with van der Waals surface area (Å²) < 4.78 is 1.11. The van der Waals surface area contributed by atoms with Crippen LogP contribution in [0.25, 0.3) is 0 Å². The Hall–Kier alpha value is -0.610. The third-order valence-electron chi connectivity index (χ3n) is 2.73. The molecule has 2 rings (SSSR count). The van der Waals surface area contributed by atoms with Gasteiger partial charge in [0.25, 0.3) is 0 Å². The maximum Gasteiger partial charge on any atom is 0.223 e. The van der Waals surface area contributed by atoms with Crippen LogP contribution < -0.4 is 5.32 Å². The van der Waals surface area contributed by atoms with Gasteiger partial charge in [0, 0.05) is 12.5 Å². The molecule has 2 nitrogen and oxygen atoms in total. The van der Waals surface area contributed by atoms with Gasteiger partial charge in [0.05, 0.1) is 3.79 Å². The van der Waals surface area contributed by atoms with Gasteiger partial charge in [0.2, 0.25) is 5.91 Å². The normalized spacial score (nSPS) is 19.7. The van der Waals surface area contributed by atoms with Crippen LogP contribution in [0.4, 0.5) is 0 Å². The highest BCUT2D eigenvalue weighted by atomic mass is 79.9. The van der Waals surface area contributed by atoms with Crippen LogP contribution >= 0.6 is 27.3 Å². The lowest BCUT2D eigenvalue weighted by Crippen LogP contribution is -2.30. The molecule has 1 atom stereocenters. The SMILES string of the molecule is O=C(NCc1csc(Br)c1)C1CC=CCC1. The van der Waals surface area contributed by atoms with Crippen LogP contribution in [0.2, 0.25) is 0 Å². The number of hydrogen-bond acceptors (Lipinski definition) is 2. The zero-order valence-corrected chi connectivity index (χ0v) is 11.3. The summed E-state index contributed by atoms with van der Waals surface area (Å²) in [5.74, 6) is 0.360. The molecule has 16 heavy (non-hydrogen) atoms. The second-order valence-electron chi connectivity index (χ2n) is 3.96. The fourth-order valence-electron chi connectivity index (χ4n) is 1.80. The van der Waals surface area contributed by atoms with Crippen molar-refractivity contribution in [2.24, 2.45) is 5.92 Å². The summed E-state index contributed by atoms with van der Waals surface area (Å²) in [5.41, 5.74) is 1.16. The Bertz CT molecular complexity index is 399. The Balaban J connectivity index is 1.81. The quantitative estimate of drug-likeness (QED) is 0.851. The minimum Gasteiger partial charge on any atom is -0.352 e. The van der Waals surface area contributed by atoms with Crippen molar-refractivity contribution in [3.8, 4) is 0 Å². The summed E-state index contributed by atoms with van der Waals surface area (Å²) >= 11 is 5.06. The van der Waals surface area contributed by atoms with Crippen molar-refractivity contribution in [1.82, 2.24) is 5.32 Å². The fraction of sp³-hybridized carbons (Fsp3) is 0.417. The molecule has 1 N–H and O–H groups in total. The van der Waals surface area contributed by atoms with Gasteiger partial charge in [0.1, 0.15) is 0 Å². The molecule has 0 aliphatic heterocycles. The maximum absolute atomic E-state index is 11.8. The smallest absolute Gasteiger partial charge is 0.223 e. The first-order valence-electron chi connectivity index (χ1n) is 5.41. The van der Waals surface area contributed by atoms with Gasteiger partial charge >= 0.3 is 0 Å². The largest absolute Gasteiger partial charge is 0.352 e. The highest BCUT2D eigenvalue weighted by Crippen LogP contribution is 2.21. The molecule has 1 aromatic rings. The Morgan fingerprint density at radius 3 is 3.06 bits per heavy atom. The Kier molecular flexibility index (Phi) is 4.18. The summed E-state index contributed by atoms with van der Waals surface area (Å²) in [6, 6.07) is 2.05. The van der Waals surface area contributed by atoms with Gasteiger partial charge in [-0.15, -0.1) is 11.3 Å². The van der Waals surface area contributed by atoms with Crippen LogP contribution in [0.15, 0.2) is 27.4 Å². The predicted octanol–water partition coefficient (Wildman–Crippen LogP) is 3.48. The van der Waals surface area contributed by atoms with E-state index in [0.717, 1.165) is 28.6 Å². The Morgan fingerprint density at radius 1 is 1.56 bits per heavy atom. The molecule has 0 radical (unpaired) electrons. The molecule has 0 saturated heterocycles. The van der Waals surface area contributed by atoms with E-state index in [1.165, 1.54) is 0 Å². The van der Waals surface area contributed by atoms with Crippen LogP contribution in [0.1, 0.15) is 24.8 Å². The summed E-state index contributed by atoms with van der Waals surface area (Å²) in [4.78, 5) is 11.8. The van der Waals surface area contributed by atoms with E-state index in [1.54, 1.807) is 11.3 Å². The summed E-state index contributed by atoms with van der Waals surface area (Å²) in [7, 11) is 0. The molecule has 1 aromatic heterocycles. The molecule has 1 heterocycles. The third-order valence-corrected chi connectivity index (χ3v) is 4.28. The lowest BCUT2D eigenvalue weighted by atomic mass is 9.94. The van der Waals surface area contributed by atoms with Gasteiger partial charge < -0.3 is 5.32 Å². The van der Waals surface area contributed by atoms with Gasteiger partial charge in [-0.05, 0) is 52.2 Å². The van der Waals surface area contributed by atoms with E-state index in [1.807, 2.05) is 6.07 Å². The highest BCUT2D eigenvalue weighted by Gasteiger charge is 2.18. The molecule has 0 saturated carbocycles. The number of amides is 1. The average Bonchev–Trinajstić information content (AvgIpc) is 2.73. The van der Waals surface area contributed by atoms with Crippen LogP contribution in [0.3, 0.4) is 0 Å². The Morgan fingerprint density at radius 2 is 2.44 bits per heavy atom. The van der Waals surface area contributed by atoms with Crippen molar-refractivity contribution < 1.29 is 4.79 Å². The lowest BCUT2D eigenvalue weighted by Gasteiger charge is -2.16. The number of carbonyl (C=O) groups is 1. The van der Waals surface area contributed by atoms with Crippen molar-refractivity contribution in [3.05, 3.63) is 32.9 Å². The second kappa shape index (κ2) is 5.64. The standard InChI is InChI=1S/C12H14BrNOS/c13-11-6-9(8-16-11)7-14-12(15)10-4-2-1-3-5-10/h1-2,6,8,10H,3-5,7H2,(H,14,15). The topological polar surface area (TPSA) is 29.1 Å². The van der Waals surface area contributed by atoms with Crippen molar-refractivity contribution in [3.63, 3.8) is 0 Å². The maximum atomic E-state index is 11.8. The highest BCUT2D eigenvalue weighted by molar-refractivity contribution is 9.11. The monoisotopic (exact) mass is 299 g/mol. The molecule has 1 aliphatic carbocycles. The first-order chi connectivity index (χ1) is 7.75. The molecule has 1 amide bonds. The summed E-state index contributed by atoms with van der Waals surface area (Å²) in [6.07, 6.45) is 7.16. The molecule has 0 bridgehead atoms. The van der Waals surface area contributed by atoms with E-state index >= 15 is 0 Å². The van der Waals surface area contributed by atoms with Crippen LogP contribution in [-0.4, -0.2) is 5.91 Å². The molecule has 4 heteroatoms. The molecule has 0 fully saturated rings. The van der Waals surface area contributed by atoms with E-state index in [4.69, 9.17) is 0 Å². The van der Waals surface area contributed by atoms with E-state index in [0.29, 0.717) is 6.54 Å². The fourth-order valence-corrected chi connectivity index (χ4v) is 3.01. The van der Waals surface area contributed by atoms with Crippen molar-refractivity contribution >= 4 is 33.2 Å². The van der Waals surface area contributed by atoms with Gasteiger partial charge in [0.15, 0.2) is 0 Å². The molecule has 1 aliphatic rings. The van der Waals surface area contributed by atoms with Crippen molar-refractivity contribution in [2.45, 2.75) is 25.8 Å².